The number of rotatable bonds is 10. The molecule has 0 aliphatic carbocycles. The Morgan fingerprint density at radius 3 is 2.17 bits per heavy atom. The fourth-order valence-electron chi connectivity index (χ4n) is 2.06. The first kappa shape index (κ1) is 21.2. The molecule has 0 spiro atoms. The Balaban J connectivity index is 4.48. The van der Waals surface area contributed by atoms with E-state index in [4.69, 9.17) is 14.6 Å². The van der Waals surface area contributed by atoms with Gasteiger partial charge in [-0.2, -0.15) is 0 Å². The summed E-state index contributed by atoms with van der Waals surface area (Å²) in [7, 11) is 0. The number of carbonyl (C=O) groups is 3. The van der Waals surface area contributed by atoms with E-state index < -0.39 is 24.3 Å². The zero-order chi connectivity index (χ0) is 18.0. The van der Waals surface area contributed by atoms with Crippen molar-refractivity contribution in [1.82, 2.24) is 5.32 Å². The van der Waals surface area contributed by atoms with E-state index in [-0.39, 0.29) is 24.8 Å². The van der Waals surface area contributed by atoms with Crippen LogP contribution < -0.4 is 5.32 Å². The maximum absolute atomic E-state index is 11.8. The molecule has 0 aliphatic rings. The molecular formula is C16H29NO6. The SMILES string of the molecule is CC[C@@H](C)C[C@H](CNC(=O)O[C@H](OC(C)=O)C(C)C)CC(=O)O. The predicted octanol–water partition coefficient (Wildman–Crippen LogP) is 2.78. The molecule has 0 aliphatic heterocycles. The second-order valence-corrected chi connectivity index (χ2v) is 6.22. The molecule has 0 unspecified atom stereocenters. The number of nitrogens with one attached hydrogen (secondary N) is 1. The lowest BCUT2D eigenvalue weighted by Crippen LogP contribution is -2.37. The second kappa shape index (κ2) is 10.9. The number of esters is 1. The van der Waals surface area contributed by atoms with Crippen molar-refractivity contribution in [2.75, 3.05) is 6.54 Å². The van der Waals surface area contributed by atoms with Crippen molar-refractivity contribution < 1.29 is 29.0 Å². The molecule has 0 bridgehead atoms. The van der Waals surface area contributed by atoms with Gasteiger partial charge in [-0.15, -0.1) is 0 Å². The van der Waals surface area contributed by atoms with Crippen molar-refractivity contribution in [2.45, 2.75) is 60.2 Å². The van der Waals surface area contributed by atoms with E-state index in [2.05, 4.69) is 5.32 Å². The highest BCUT2D eigenvalue weighted by Gasteiger charge is 2.22. The van der Waals surface area contributed by atoms with E-state index in [9.17, 15) is 14.4 Å². The Morgan fingerprint density at radius 2 is 1.74 bits per heavy atom. The van der Waals surface area contributed by atoms with Crippen LogP contribution in [0.4, 0.5) is 4.79 Å². The minimum absolute atomic E-state index is 0.0117. The summed E-state index contributed by atoms with van der Waals surface area (Å²) in [5.41, 5.74) is 0. The maximum Gasteiger partial charge on any atom is 0.410 e. The van der Waals surface area contributed by atoms with Gasteiger partial charge in [0.1, 0.15) is 0 Å². The van der Waals surface area contributed by atoms with Crippen LogP contribution >= 0.6 is 0 Å². The molecule has 0 aromatic rings. The largest absolute Gasteiger partial charge is 0.481 e. The third-order valence-corrected chi connectivity index (χ3v) is 3.48. The first-order valence-corrected chi connectivity index (χ1v) is 7.99. The molecule has 0 aromatic carbocycles. The van der Waals surface area contributed by atoms with Gasteiger partial charge in [0, 0.05) is 25.8 Å². The molecular weight excluding hydrogens is 302 g/mol. The molecule has 0 aromatic heterocycles. The number of hydrogen-bond acceptors (Lipinski definition) is 5. The number of carboxylic acids is 1. The van der Waals surface area contributed by atoms with Crippen LogP contribution in [-0.4, -0.2) is 36.0 Å². The average molecular weight is 331 g/mol. The summed E-state index contributed by atoms with van der Waals surface area (Å²) in [5, 5.41) is 11.5. The van der Waals surface area contributed by atoms with Crippen molar-refractivity contribution in [1.29, 1.82) is 0 Å². The van der Waals surface area contributed by atoms with Gasteiger partial charge in [-0.25, -0.2) is 4.79 Å². The van der Waals surface area contributed by atoms with Gasteiger partial charge in [0.2, 0.25) is 0 Å². The predicted molar refractivity (Wildman–Crippen MR) is 84.7 cm³/mol. The molecule has 1 amide bonds. The minimum atomic E-state index is -0.958. The summed E-state index contributed by atoms with van der Waals surface area (Å²) < 4.78 is 9.99. The van der Waals surface area contributed by atoms with Gasteiger partial charge in [-0.1, -0.05) is 34.1 Å². The molecule has 23 heavy (non-hydrogen) atoms. The monoisotopic (exact) mass is 331 g/mol. The molecule has 0 radical (unpaired) electrons. The molecule has 0 fully saturated rings. The zero-order valence-electron chi connectivity index (χ0n) is 14.6. The highest BCUT2D eigenvalue weighted by Crippen LogP contribution is 2.18. The first-order chi connectivity index (χ1) is 10.6. The van der Waals surface area contributed by atoms with Gasteiger partial charge < -0.3 is 19.9 Å². The van der Waals surface area contributed by atoms with Crippen LogP contribution in [0.3, 0.4) is 0 Å². The van der Waals surface area contributed by atoms with E-state index in [0.29, 0.717) is 12.3 Å². The lowest BCUT2D eigenvalue weighted by molar-refractivity contribution is -0.172. The molecule has 7 nitrogen and oxygen atoms in total. The second-order valence-electron chi connectivity index (χ2n) is 6.22. The fraction of sp³-hybridized carbons (Fsp3) is 0.812. The van der Waals surface area contributed by atoms with Gasteiger partial charge in [0.15, 0.2) is 0 Å². The van der Waals surface area contributed by atoms with Crippen LogP contribution in [0.5, 0.6) is 0 Å². The number of carboxylic acid groups (broad SMARTS) is 1. The van der Waals surface area contributed by atoms with Gasteiger partial charge >= 0.3 is 18.0 Å². The van der Waals surface area contributed by atoms with E-state index >= 15 is 0 Å². The van der Waals surface area contributed by atoms with Gasteiger partial charge in [0.05, 0.1) is 0 Å². The van der Waals surface area contributed by atoms with Crippen molar-refractivity contribution in [3.8, 4) is 0 Å². The number of hydrogen-bond donors (Lipinski definition) is 2. The van der Waals surface area contributed by atoms with Gasteiger partial charge in [-0.3, -0.25) is 9.59 Å². The summed E-state index contributed by atoms with van der Waals surface area (Å²) in [6.07, 6.45) is -0.0323. The number of ether oxygens (including phenoxy) is 2. The number of carbonyl (C=O) groups excluding carboxylic acids is 2. The summed E-state index contributed by atoms with van der Waals surface area (Å²) >= 11 is 0. The number of alkyl carbamates (subject to hydrolysis) is 1. The van der Waals surface area contributed by atoms with Crippen LogP contribution in [0.1, 0.15) is 53.9 Å². The average Bonchev–Trinajstić information content (AvgIpc) is 2.42. The summed E-state index contributed by atoms with van der Waals surface area (Å²) in [5.74, 6) is -1.40. The Morgan fingerprint density at radius 1 is 1.13 bits per heavy atom. The van der Waals surface area contributed by atoms with Crippen LogP contribution in [0.15, 0.2) is 0 Å². The molecule has 3 atom stereocenters. The van der Waals surface area contributed by atoms with Crippen LogP contribution in [0, 0.1) is 17.8 Å². The lowest BCUT2D eigenvalue weighted by atomic mass is 9.91. The Hall–Kier alpha value is -1.79. The molecule has 134 valence electrons. The Labute approximate surface area is 137 Å². The quantitative estimate of drug-likeness (QED) is 0.471. The van der Waals surface area contributed by atoms with Gasteiger partial charge in [-0.05, 0) is 18.3 Å². The van der Waals surface area contributed by atoms with E-state index in [1.54, 1.807) is 13.8 Å². The van der Waals surface area contributed by atoms with Crippen LogP contribution in [0.25, 0.3) is 0 Å². The van der Waals surface area contributed by atoms with Crippen molar-refractivity contribution in [3.63, 3.8) is 0 Å². The van der Waals surface area contributed by atoms with E-state index in [0.717, 1.165) is 6.42 Å². The summed E-state index contributed by atoms with van der Waals surface area (Å²) in [6, 6.07) is 0. The summed E-state index contributed by atoms with van der Waals surface area (Å²) in [4.78, 5) is 33.7. The smallest absolute Gasteiger partial charge is 0.410 e. The molecule has 0 saturated heterocycles. The van der Waals surface area contributed by atoms with Crippen molar-refractivity contribution in [3.05, 3.63) is 0 Å². The van der Waals surface area contributed by atoms with E-state index in [1.165, 1.54) is 6.92 Å². The molecule has 2 N–H and O–H groups in total. The van der Waals surface area contributed by atoms with E-state index in [1.807, 2.05) is 13.8 Å². The first-order valence-electron chi connectivity index (χ1n) is 7.99. The molecule has 0 saturated carbocycles. The van der Waals surface area contributed by atoms with Crippen LogP contribution in [-0.2, 0) is 19.1 Å². The van der Waals surface area contributed by atoms with Gasteiger partial charge in [0.25, 0.3) is 6.29 Å². The standard InChI is InChI=1S/C16H29NO6/c1-6-11(4)7-13(8-14(19)20)9-17-16(21)23-15(10(2)3)22-12(5)18/h10-11,13,15H,6-9H2,1-5H3,(H,17,21)(H,19,20)/t11-,13+,15+/m1/s1. The Bertz CT molecular complexity index is 396. The molecule has 0 rings (SSSR count). The maximum atomic E-state index is 11.8. The third-order valence-electron chi connectivity index (χ3n) is 3.48. The number of amides is 1. The van der Waals surface area contributed by atoms with Crippen molar-refractivity contribution in [2.24, 2.45) is 17.8 Å². The molecule has 0 heterocycles. The topological polar surface area (TPSA) is 102 Å². The zero-order valence-corrected chi connectivity index (χ0v) is 14.6. The third kappa shape index (κ3) is 10.5. The highest BCUT2D eigenvalue weighted by molar-refractivity contribution is 5.69. The van der Waals surface area contributed by atoms with Crippen LogP contribution in [0.2, 0.25) is 0 Å². The molecule has 7 heteroatoms. The summed E-state index contributed by atoms with van der Waals surface area (Å²) in [6.45, 7) is 9.05. The lowest BCUT2D eigenvalue weighted by Gasteiger charge is -2.22. The fourth-order valence-corrected chi connectivity index (χ4v) is 2.06. The normalized spacial score (nSPS) is 14.7. The number of aliphatic carboxylic acids is 1. The highest BCUT2D eigenvalue weighted by atomic mass is 16.7. The minimum Gasteiger partial charge on any atom is -0.481 e. The Kier molecular flexibility index (Phi) is 10.0. The van der Waals surface area contributed by atoms with Crippen molar-refractivity contribution >= 4 is 18.0 Å².